The lowest BCUT2D eigenvalue weighted by Gasteiger charge is -2.22. The van der Waals surface area contributed by atoms with Crippen molar-refractivity contribution in [1.82, 2.24) is 24.6 Å². The number of hydrogen-bond acceptors (Lipinski definition) is 5. The Morgan fingerprint density at radius 2 is 1.96 bits per heavy atom. The number of rotatable bonds is 3. The number of aryl methyl sites for hydroxylation is 2. The lowest BCUT2D eigenvalue weighted by atomic mass is 10.0. The maximum atomic E-state index is 4.54. The Kier molecular flexibility index (Phi) is 3.33. The number of fused-ring (bicyclic) bond motifs is 2. The summed E-state index contributed by atoms with van der Waals surface area (Å²) in [6, 6.07) is 2.11. The number of nitrogens with zero attached hydrogens (tertiary/aromatic N) is 6. The number of aromatic nitrogens is 4. The van der Waals surface area contributed by atoms with Gasteiger partial charge in [0.1, 0.15) is 12.1 Å². The van der Waals surface area contributed by atoms with Crippen LogP contribution in [-0.2, 0) is 19.5 Å². The average Bonchev–Trinajstić information content (AvgIpc) is 3.29. The van der Waals surface area contributed by atoms with Gasteiger partial charge in [-0.25, -0.2) is 9.97 Å². The SMILES string of the molecule is Cc1cc(N2CC3CN(Cc4cnn5c4CCC5)CC3C2)ncn1. The summed E-state index contributed by atoms with van der Waals surface area (Å²) in [4.78, 5) is 13.7. The van der Waals surface area contributed by atoms with E-state index in [9.17, 15) is 0 Å². The second-order valence-electron chi connectivity index (χ2n) is 7.58. The first kappa shape index (κ1) is 14.4. The zero-order chi connectivity index (χ0) is 16.1. The van der Waals surface area contributed by atoms with E-state index in [0.717, 1.165) is 49.5 Å². The second-order valence-corrected chi connectivity index (χ2v) is 7.58. The summed E-state index contributed by atoms with van der Waals surface area (Å²) in [7, 11) is 0. The van der Waals surface area contributed by atoms with Crippen LogP contribution in [0.15, 0.2) is 18.6 Å². The molecule has 0 saturated carbocycles. The van der Waals surface area contributed by atoms with Crippen molar-refractivity contribution in [2.45, 2.75) is 32.9 Å². The third-order valence-electron chi connectivity index (χ3n) is 5.89. The molecule has 0 radical (unpaired) electrons. The van der Waals surface area contributed by atoms with Gasteiger partial charge < -0.3 is 4.90 Å². The van der Waals surface area contributed by atoms with Crippen molar-refractivity contribution in [3.05, 3.63) is 35.5 Å². The molecule has 2 atom stereocenters. The lowest BCUT2D eigenvalue weighted by molar-refractivity contribution is 0.308. The van der Waals surface area contributed by atoms with E-state index in [1.807, 2.05) is 6.92 Å². The van der Waals surface area contributed by atoms with Crippen molar-refractivity contribution in [2.75, 3.05) is 31.1 Å². The number of likely N-dealkylation sites (tertiary alicyclic amines) is 1. The molecule has 3 aliphatic rings. The summed E-state index contributed by atoms with van der Waals surface area (Å²) in [6.45, 7) is 8.89. The molecule has 6 heteroatoms. The van der Waals surface area contributed by atoms with E-state index in [4.69, 9.17) is 0 Å². The number of hydrogen-bond donors (Lipinski definition) is 0. The molecule has 2 aromatic heterocycles. The predicted octanol–water partition coefficient (Wildman–Crippen LogP) is 1.50. The van der Waals surface area contributed by atoms with Crippen molar-refractivity contribution in [3.8, 4) is 0 Å². The van der Waals surface area contributed by atoms with Crippen LogP contribution in [0.4, 0.5) is 5.82 Å². The minimum atomic E-state index is 0.767. The second kappa shape index (κ2) is 5.55. The highest BCUT2D eigenvalue weighted by Gasteiger charge is 2.40. The van der Waals surface area contributed by atoms with Crippen LogP contribution in [0.25, 0.3) is 0 Å². The fraction of sp³-hybridized carbons (Fsp3) is 0.611. The van der Waals surface area contributed by atoms with Crippen LogP contribution in [0.2, 0.25) is 0 Å². The third-order valence-corrected chi connectivity index (χ3v) is 5.89. The van der Waals surface area contributed by atoms with Gasteiger partial charge in [-0.1, -0.05) is 0 Å². The molecule has 2 aromatic rings. The first-order valence-corrected chi connectivity index (χ1v) is 9.06. The standard InChI is InChI=1S/C18H24N6/c1-13-5-18(20-12-19-13)23-10-15-8-22(9-16(15)11-23)7-14-6-21-24-4-2-3-17(14)24/h5-6,12,15-16H,2-4,7-11H2,1H3. The van der Waals surface area contributed by atoms with Crippen LogP contribution in [0, 0.1) is 18.8 Å². The van der Waals surface area contributed by atoms with Crippen LogP contribution >= 0.6 is 0 Å². The van der Waals surface area contributed by atoms with E-state index in [1.165, 1.54) is 37.2 Å². The quantitative estimate of drug-likeness (QED) is 0.856. The Balaban J connectivity index is 1.24. The molecule has 126 valence electrons. The van der Waals surface area contributed by atoms with E-state index in [0.29, 0.717) is 0 Å². The fourth-order valence-corrected chi connectivity index (χ4v) is 4.72. The van der Waals surface area contributed by atoms with E-state index in [2.05, 4.69) is 41.8 Å². The smallest absolute Gasteiger partial charge is 0.132 e. The summed E-state index contributed by atoms with van der Waals surface area (Å²) in [5.74, 6) is 2.63. The molecule has 0 aliphatic carbocycles. The molecule has 3 aliphatic heterocycles. The molecule has 0 N–H and O–H groups in total. The van der Waals surface area contributed by atoms with Gasteiger partial charge >= 0.3 is 0 Å². The molecule has 5 rings (SSSR count). The summed E-state index contributed by atoms with van der Waals surface area (Å²) in [5.41, 5.74) is 3.98. The van der Waals surface area contributed by atoms with Gasteiger partial charge in [-0.3, -0.25) is 9.58 Å². The molecule has 2 fully saturated rings. The van der Waals surface area contributed by atoms with Gasteiger partial charge in [0.05, 0.1) is 6.20 Å². The lowest BCUT2D eigenvalue weighted by Crippen LogP contribution is -2.29. The maximum Gasteiger partial charge on any atom is 0.132 e. The van der Waals surface area contributed by atoms with Crippen molar-refractivity contribution >= 4 is 5.82 Å². The van der Waals surface area contributed by atoms with Gasteiger partial charge in [0.25, 0.3) is 0 Å². The number of anilines is 1. The Bertz CT molecular complexity index is 740. The van der Waals surface area contributed by atoms with Gasteiger partial charge in [-0.2, -0.15) is 5.10 Å². The molecule has 0 amide bonds. The highest BCUT2D eigenvalue weighted by atomic mass is 15.3. The van der Waals surface area contributed by atoms with E-state index in [1.54, 1.807) is 6.33 Å². The average molecular weight is 324 g/mol. The highest BCUT2D eigenvalue weighted by molar-refractivity contribution is 5.40. The normalized spacial score (nSPS) is 26.1. The predicted molar refractivity (Wildman–Crippen MR) is 91.8 cm³/mol. The van der Waals surface area contributed by atoms with Gasteiger partial charge in [0.2, 0.25) is 0 Å². The van der Waals surface area contributed by atoms with Gasteiger partial charge in [0, 0.05) is 62.3 Å². The molecule has 2 unspecified atom stereocenters. The topological polar surface area (TPSA) is 50.1 Å². The monoisotopic (exact) mass is 324 g/mol. The third kappa shape index (κ3) is 2.40. The molecule has 0 aromatic carbocycles. The van der Waals surface area contributed by atoms with Crippen molar-refractivity contribution < 1.29 is 0 Å². The summed E-state index contributed by atoms with van der Waals surface area (Å²) in [5, 5.41) is 4.54. The van der Waals surface area contributed by atoms with Crippen LogP contribution < -0.4 is 4.90 Å². The Morgan fingerprint density at radius 3 is 2.75 bits per heavy atom. The first-order chi connectivity index (χ1) is 11.8. The molecule has 0 spiro atoms. The Morgan fingerprint density at radius 1 is 1.12 bits per heavy atom. The van der Waals surface area contributed by atoms with E-state index >= 15 is 0 Å². The van der Waals surface area contributed by atoms with E-state index < -0.39 is 0 Å². The first-order valence-electron chi connectivity index (χ1n) is 9.06. The van der Waals surface area contributed by atoms with Crippen LogP contribution in [0.3, 0.4) is 0 Å². The zero-order valence-electron chi connectivity index (χ0n) is 14.2. The maximum absolute atomic E-state index is 4.54. The summed E-state index contributed by atoms with van der Waals surface area (Å²) < 4.78 is 2.20. The summed E-state index contributed by atoms with van der Waals surface area (Å²) in [6.07, 6.45) is 6.25. The van der Waals surface area contributed by atoms with Crippen molar-refractivity contribution in [3.63, 3.8) is 0 Å². The molecule has 24 heavy (non-hydrogen) atoms. The zero-order valence-corrected chi connectivity index (χ0v) is 14.2. The molecular weight excluding hydrogens is 300 g/mol. The van der Waals surface area contributed by atoms with Crippen LogP contribution in [0.1, 0.15) is 23.4 Å². The van der Waals surface area contributed by atoms with Crippen molar-refractivity contribution in [1.29, 1.82) is 0 Å². The summed E-state index contributed by atoms with van der Waals surface area (Å²) >= 11 is 0. The van der Waals surface area contributed by atoms with Crippen LogP contribution in [0.5, 0.6) is 0 Å². The molecule has 2 saturated heterocycles. The molecule has 0 bridgehead atoms. The highest BCUT2D eigenvalue weighted by Crippen LogP contribution is 2.34. The van der Waals surface area contributed by atoms with E-state index in [-0.39, 0.29) is 0 Å². The van der Waals surface area contributed by atoms with Gasteiger partial charge in [0.15, 0.2) is 0 Å². The van der Waals surface area contributed by atoms with Gasteiger partial charge in [-0.05, 0) is 31.6 Å². The Labute approximate surface area is 142 Å². The van der Waals surface area contributed by atoms with Crippen LogP contribution in [-0.4, -0.2) is 50.8 Å². The minimum Gasteiger partial charge on any atom is -0.356 e. The molecular formula is C18H24N6. The minimum absolute atomic E-state index is 0.767. The van der Waals surface area contributed by atoms with Crippen molar-refractivity contribution in [2.24, 2.45) is 11.8 Å². The fourth-order valence-electron chi connectivity index (χ4n) is 4.72. The largest absolute Gasteiger partial charge is 0.356 e. The molecule has 6 nitrogen and oxygen atoms in total. The Hall–Kier alpha value is -1.95. The molecule has 5 heterocycles. The van der Waals surface area contributed by atoms with Gasteiger partial charge in [-0.15, -0.1) is 0 Å².